The average molecular weight is 880 g/mol. The van der Waals surface area contributed by atoms with Crippen LogP contribution in [0, 0.1) is 0 Å². The van der Waals surface area contributed by atoms with Gasteiger partial charge in [0.1, 0.15) is 12.6 Å². The molecular formula is C54H105NO7. The topological polar surface area (TPSA) is 102 Å². The highest BCUT2D eigenvalue weighted by atomic mass is 16.6. The van der Waals surface area contributed by atoms with Gasteiger partial charge in [0.2, 0.25) is 0 Å². The minimum atomic E-state index is -1.12. The first-order chi connectivity index (χ1) is 30.1. The van der Waals surface area contributed by atoms with Crippen molar-refractivity contribution < 1.29 is 38.2 Å². The van der Waals surface area contributed by atoms with Gasteiger partial charge in [-0.2, -0.15) is 0 Å². The van der Waals surface area contributed by atoms with Crippen LogP contribution in [-0.4, -0.2) is 75.5 Å². The van der Waals surface area contributed by atoms with Crippen LogP contribution in [0.1, 0.15) is 277 Å². The van der Waals surface area contributed by atoms with Crippen molar-refractivity contribution in [3.05, 3.63) is 0 Å². The molecule has 0 radical (unpaired) electrons. The van der Waals surface area contributed by atoms with E-state index in [9.17, 15) is 19.5 Å². The molecule has 0 aliphatic heterocycles. The summed E-state index contributed by atoms with van der Waals surface area (Å²) in [5, 5.41) is 11.7. The van der Waals surface area contributed by atoms with Crippen molar-refractivity contribution in [2.75, 3.05) is 41.0 Å². The Labute approximate surface area is 385 Å². The lowest BCUT2D eigenvalue weighted by molar-refractivity contribution is -0.889. The van der Waals surface area contributed by atoms with Crippen LogP contribution in [0.25, 0.3) is 0 Å². The predicted octanol–water partition coefficient (Wildman–Crippen LogP) is 14.3. The number of hydrogen-bond acceptors (Lipinski definition) is 7. The molecule has 0 aliphatic rings. The Bertz CT molecular complexity index is 982. The molecule has 0 heterocycles. The summed E-state index contributed by atoms with van der Waals surface area (Å²) in [4.78, 5) is 37.1. The second-order valence-electron chi connectivity index (χ2n) is 19.8. The summed E-state index contributed by atoms with van der Waals surface area (Å²) >= 11 is 0. The monoisotopic (exact) mass is 880 g/mol. The van der Waals surface area contributed by atoms with Crippen molar-refractivity contribution in [1.29, 1.82) is 0 Å². The highest BCUT2D eigenvalue weighted by molar-refractivity contribution is 5.70. The molecule has 0 fully saturated rings. The van der Waals surface area contributed by atoms with Crippen molar-refractivity contribution in [1.82, 2.24) is 0 Å². The van der Waals surface area contributed by atoms with Crippen LogP contribution in [0.15, 0.2) is 0 Å². The third-order valence-electron chi connectivity index (χ3n) is 12.7. The lowest BCUT2D eigenvalue weighted by Crippen LogP contribution is -2.55. The van der Waals surface area contributed by atoms with Crippen molar-refractivity contribution in [2.24, 2.45) is 0 Å². The molecule has 0 saturated heterocycles. The molecule has 0 bridgehead atoms. The summed E-state index contributed by atoms with van der Waals surface area (Å²) in [6, 6.07) is -0.720. The van der Waals surface area contributed by atoms with Gasteiger partial charge in [0.15, 0.2) is 6.10 Å². The van der Waals surface area contributed by atoms with Crippen LogP contribution in [0.3, 0.4) is 0 Å². The van der Waals surface area contributed by atoms with E-state index >= 15 is 0 Å². The van der Waals surface area contributed by atoms with Crippen LogP contribution in [0.2, 0.25) is 0 Å². The lowest BCUT2D eigenvalue weighted by atomic mass is 10.0. The Balaban J connectivity index is 4.15. The second kappa shape index (κ2) is 45.9. The van der Waals surface area contributed by atoms with Gasteiger partial charge in [-0.05, 0) is 12.8 Å². The van der Waals surface area contributed by atoms with Crippen molar-refractivity contribution in [3.63, 3.8) is 0 Å². The number of carboxylic acid groups (broad SMARTS) is 1. The van der Waals surface area contributed by atoms with Gasteiger partial charge >= 0.3 is 11.9 Å². The summed E-state index contributed by atoms with van der Waals surface area (Å²) in [6.07, 6.45) is 49.9. The van der Waals surface area contributed by atoms with E-state index in [2.05, 4.69) is 13.8 Å². The minimum Gasteiger partial charge on any atom is -0.544 e. The Morgan fingerprint density at radius 3 is 1.00 bits per heavy atom. The van der Waals surface area contributed by atoms with Crippen LogP contribution in [0.4, 0.5) is 0 Å². The maximum atomic E-state index is 12.8. The van der Waals surface area contributed by atoms with E-state index < -0.39 is 18.1 Å². The van der Waals surface area contributed by atoms with Gasteiger partial charge in [-0.25, -0.2) is 0 Å². The van der Waals surface area contributed by atoms with Gasteiger partial charge in [-0.3, -0.25) is 9.59 Å². The molecule has 0 spiro atoms. The molecule has 8 heteroatoms. The maximum absolute atomic E-state index is 12.8. The summed E-state index contributed by atoms with van der Waals surface area (Å²) in [5.41, 5.74) is 0. The third-order valence-corrected chi connectivity index (χ3v) is 12.7. The standard InChI is InChI=1S/C54H105NO7/c1-6-8-10-12-14-16-18-20-22-24-25-26-27-29-31-33-35-37-39-41-43-45-53(57)62-50(48-60-47-46-51(54(58)59)55(3,4)5)49-61-52(56)44-42-40-38-36-34-32-30-28-23-21-19-17-15-13-11-9-7-2/h50-51H,6-49H2,1-5H3. The number of hydrogen-bond donors (Lipinski definition) is 0. The molecule has 0 saturated carbocycles. The fourth-order valence-corrected chi connectivity index (χ4v) is 8.55. The molecule has 2 atom stereocenters. The van der Waals surface area contributed by atoms with Crippen molar-refractivity contribution in [3.8, 4) is 0 Å². The normalized spacial score (nSPS) is 12.7. The molecule has 0 aromatic rings. The number of nitrogens with zero attached hydrogens (tertiary/aromatic N) is 1. The molecule has 0 aromatic carbocycles. The van der Waals surface area contributed by atoms with Crippen molar-refractivity contribution in [2.45, 2.75) is 289 Å². The molecule has 0 aliphatic carbocycles. The first-order valence-electron chi connectivity index (χ1n) is 27.1. The lowest BCUT2D eigenvalue weighted by Gasteiger charge is -2.34. The number of carbonyl (C=O) groups excluding carboxylic acids is 3. The van der Waals surface area contributed by atoms with Crippen LogP contribution in [-0.2, 0) is 28.6 Å². The van der Waals surface area contributed by atoms with E-state index in [0.29, 0.717) is 12.8 Å². The molecule has 8 nitrogen and oxygen atoms in total. The number of unbranched alkanes of at least 4 members (excludes halogenated alkanes) is 36. The number of carboxylic acids is 1. The first kappa shape index (κ1) is 60.3. The Hall–Kier alpha value is -1.67. The molecule has 0 amide bonds. The van der Waals surface area contributed by atoms with Crippen LogP contribution in [0.5, 0.6) is 0 Å². The SMILES string of the molecule is CCCCCCCCCCCCCCCCCCCCCCCC(=O)OC(COCCC(C(=O)[O-])[N+](C)(C)C)COC(=O)CCCCCCCCCCCCCCCCCCC. The summed E-state index contributed by atoms with van der Waals surface area (Å²) in [7, 11) is 5.43. The zero-order valence-electron chi connectivity index (χ0n) is 42.1. The number of quaternary nitrogens is 1. The second-order valence-corrected chi connectivity index (χ2v) is 19.8. The Morgan fingerprint density at radius 2 is 0.710 bits per heavy atom. The van der Waals surface area contributed by atoms with E-state index in [1.165, 1.54) is 205 Å². The largest absolute Gasteiger partial charge is 0.544 e. The number of ether oxygens (including phenoxy) is 3. The van der Waals surface area contributed by atoms with E-state index in [-0.39, 0.29) is 42.7 Å². The van der Waals surface area contributed by atoms with Crippen LogP contribution < -0.4 is 5.11 Å². The van der Waals surface area contributed by atoms with Gasteiger partial charge in [-0.1, -0.05) is 245 Å². The predicted molar refractivity (Wildman–Crippen MR) is 259 cm³/mol. The van der Waals surface area contributed by atoms with E-state index in [4.69, 9.17) is 14.2 Å². The summed E-state index contributed by atoms with van der Waals surface area (Å²) in [6.45, 7) is 4.73. The fraction of sp³-hybridized carbons (Fsp3) is 0.944. The number of carbonyl (C=O) groups is 3. The zero-order valence-corrected chi connectivity index (χ0v) is 42.1. The first-order valence-corrected chi connectivity index (χ1v) is 27.1. The fourth-order valence-electron chi connectivity index (χ4n) is 8.55. The van der Waals surface area contributed by atoms with E-state index in [1.807, 2.05) is 21.1 Å². The van der Waals surface area contributed by atoms with Gasteiger partial charge in [0, 0.05) is 19.3 Å². The van der Waals surface area contributed by atoms with E-state index in [1.54, 1.807) is 0 Å². The number of esters is 2. The van der Waals surface area contributed by atoms with E-state index in [0.717, 1.165) is 38.5 Å². The highest BCUT2D eigenvalue weighted by Crippen LogP contribution is 2.17. The van der Waals surface area contributed by atoms with Crippen molar-refractivity contribution >= 4 is 17.9 Å². The van der Waals surface area contributed by atoms with Crippen LogP contribution >= 0.6 is 0 Å². The Morgan fingerprint density at radius 1 is 0.419 bits per heavy atom. The highest BCUT2D eigenvalue weighted by Gasteiger charge is 2.25. The zero-order chi connectivity index (χ0) is 45.6. The smallest absolute Gasteiger partial charge is 0.306 e. The minimum absolute atomic E-state index is 0.0500. The third kappa shape index (κ3) is 43.6. The average Bonchev–Trinajstić information content (AvgIpc) is 3.23. The quantitative estimate of drug-likeness (QED) is 0.0341. The van der Waals surface area contributed by atoms with Gasteiger partial charge in [0.05, 0.1) is 40.3 Å². The number of likely N-dealkylation sites (N-methyl/N-ethyl adjacent to an activating group) is 1. The van der Waals surface area contributed by atoms with Gasteiger partial charge < -0.3 is 28.6 Å². The number of rotatable bonds is 50. The molecule has 368 valence electrons. The van der Waals surface area contributed by atoms with Gasteiger partial charge in [0.25, 0.3) is 0 Å². The molecule has 2 unspecified atom stereocenters. The molecule has 0 rings (SSSR count). The summed E-state index contributed by atoms with van der Waals surface area (Å²) < 4.78 is 17.3. The maximum Gasteiger partial charge on any atom is 0.306 e. The van der Waals surface area contributed by atoms with Gasteiger partial charge in [-0.15, -0.1) is 0 Å². The Kier molecular flexibility index (Phi) is 44.6. The summed E-state index contributed by atoms with van der Waals surface area (Å²) in [5.74, 6) is -1.70. The molecular weight excluding hydrogens is 775 g/mol. The molecule has 0 N–H and O–H groups in total. The number of aliphatic carboxylic acids is 1. The molecule has 62 heavy (non-hydrogen) atoms. The molecule has 0 aromatic heterocycles.